The lowest BCUT2D eigenvalue weighted by Gasteiger charge is -2.25. The number of nitrogens with one attached hydrogen (secondary N) is 1. The summed E-state index contributed by atoms with van der Waals surface area (Å²) >= 11 is 0. The topological polar surface area (TPSA) is 18.5 Å². The van der Waals surface area contributed by atoms with Gasteiger partial charge in [-0.2, -0.15) is 0 Å². The summed E-state index contributed by atoms with van der Waals surface area (Å²) in [4.78, 5) is 4.47. The third-order valence-electron chi connectivity index (χ3n) is 4.36. The standard InChI is InChI=1S/C17H28FN3/c1-5-9-19-10-14-7-6-8-15(18)17(14)21-11-13(2)16(12-21)20(3)4/h6-8,13,16,19H,5,9-12H2,1-4H3. The van der Waals surface area contributed by atoms with Crippen LogP contribution >= 0.6 is 0 Å². The Morgan fingerprint density at radius 2 is 2.10 bits per heavy atom. The van der Waals surface area contributed by atoms with E-state index in [-0.39, 0.29) is 5.82 Å². The lowest BCUT2D eigenvalue weighted by atomic mass is 10.1. The largest absolute Gasteiger partial charge is 0.367 e. The monoisotopic (exact) mass is 293 g/mol. The molecule has 1 aliphatic rings. The summed E-state index contributed by atoms with van der Waals surface area (Å²) < 4.78 is 14.4. The minimum absolute atomic E-state index is 0.0996. The molecule has 0 spiro atoms. The highest BCUT2D eigenvalue weighted by molar-refractivity contribution is 5.56. The van der Waals surface area contributed by atoms with Gasteiger partial charge in [0, 0.05) is 25.7 Å². The number of halogens is 1. The number of hydrogen-bond acceptors (Lipinski definition) is 3. The van der Waals surface area contributed by atoms with Gasteiger partial charge < -0.3 is 15.1 Å². The van der Waals surface area contributed by atoms with E-state index in [0.29, 0.717) is 12.0 Å². The van der Waals surface area contributed by atoms with E-state index in [2.05, 4.69) is 43.1 Å². The van der Waals surface area contributed by atoms with Gasteiger partial charge in [0.05, 0.1) is 5.69 Å². The molecule has 1 aromatic rings. The highest BCUT2D eigenvalue weighted by Gasteiger charge is 2.33. The maximum Gasteiger partial charge on any atom is 0.146 e. The summed E-state index contributed by atoms with van der Waals surface area (Å²) in [5, 5.41) is 3.38. The van der Waals surface area contributed by atoms with Crippen molar-refractivity contribution < 1.29 is 4.39 Å². The molecule has 2 rings (SSSR count). The second-order valence-electron chi connectivity index (χ2n) is 6.34. The summed E-state index contributed by atoms with van der Waals surface area (Å²) in [6.45, 7) is 7.91. The molecule has 0 amide bonds. The first-order valence-electron chi connectivity index (χ1n) is 7.94. The van der Waals surface area contributed by atoms with Crippen molar-refractivity contribution >= 4 is 5.69 Å². The number of rotatable bonds is 6. The van der Waals surface area contributed by atoms with Crippen LogP contribution in [0.15, 0.2) is 18.2 Å². The zero-order valence-corrected chi connectivity index (χ0v) is 13.7. The quantitative estimate of drug-likeness (QED) is 0.814. The molecule has 0 aromatic heterocycles. The third kappa shape index (κ3) is 3.74. The Bertz CT molecular complexity index is 461. The molecule has 1 aliphatic heterocycles. The van der Waals surface area contributed by atoms with E-state index >= 15 is 0 Å². The predicted molar refractivity (Wildman–Crippen MR) is 87.2 cm³/mol. The Morgan fingerprint density at radius 3 is 2.71 bits per heavy atom. The Hall–Kier alpha value is -1.13. The molecule has 2 atom stereocenters. The van der Waals surface area contributed by atoms with Gasteiger partial charge in [0.25, 0.3) is 0 Å². The molecule has 1 fully saturated rings. The average Bonchev–Trinajstić information content (AvgIpc) is 2.81. The van der Waals surface area contributed by atoms with Crippen molar-refractivity contribution in [1.82, 2.24) is 10.2 Å². The Labute approximate surface area is 128 Å². The molecule has 0 aliphatic carbocycles. The van der Waals surface area contributed by atoms with E-state index in [0.717, 1.165) is 43.9 Å². The van der Waals surface area contributed by atoms with E-state index < -0.39 is 0 Å². The summed E-state index contributed by atoms with van der Waals surface area (Å²) in [6, 6.07) is 5.91. The Kier molecular flexibility index (Phi) is 5.59. The van der Waals surface area contributed by atoms with Gasteiger partial charge in [-0.3, -0.25) is 0 Å². The first kappa shape index (κ1) is 16.2. The van der Waals surface area contributed by atoms with Crippen LogP contribution in [0.2, 0.25) is 0 Å². The second kappa shape index (κ2) is 7.23. The molecule has 0 bridgehead atoms. The van der Waals surface area contributed by atoms with Gasteiger partial charge in [-0.05, 0) is 44.6 Å². The molecule has 0 radical (unpaired) electrons. The molecule has 0 saturated carbocycles. The van der Waals surface area contributed by atoms with E-state index in [1.807, 2.05) is 12.1 Å². The van der Waals surface area contributed by atoms with Crippen LogP contribution in [0.4, 0.5) is 10.1 Å². The van der Waals surface area contributed by atoms with Gasteiger partial charge in [0.2, 0.25) is 0 Å². The molecule has 2 unspecified atom stereocenters. The molecular formula is C17H28FN3. The van der Waals surface area contributed by atoms with E-state index in [1.165, 1.54) is 0 Å². The van der Waals surface area contributed by atoms with Crippen LogP contribution in [0, 0.1) is 11.7 Å². The summed E-state index contributed by atoms with van der Waals surface area (Å²) in [5.74, 6) is 0.452. The number of anilines is 1. The van der Waals surface area contributed by atoms with E-state index in [4.69, 9.17) is 0 Å². The molecule has 21 heavy (non-hydrogen) atoms. The number of nitrogens with zero attached hydrogens (tertiary/aromatic N) is 2. The molecule has 1 aromatic carbocycles. The number of hydrogen-bond donors (Lipinski definition) is 1. The van der Waals surface area contributed by atoms with Gasteiger partial charge in [-0.1, -0.05) is 26.0 Å². The maximum atomic E-state index is 14.4. The number of para-hydroxylation sites is 1. The van der Waals surface area contributed by atoms with E-state index in [1.54, 1.807) is 6.07 Å². The zero-order valence-electron chi connectivity index (χ0n) is 13.7. The Morgan fingerprint density at radius 1 is 1.33 bits per heavy atom. The molecular weight excluding hydrogens is 265 g/mol. The van der Waals surface area contributed by atoms with Crippen molar-refractivity contribution in [2.24, 2.45) is 5.92 Å². The van der Waals surface area contributed by atoms with Crippen LogP contribution in [0.3, 0.4) is 0 Å². The van der Waals surface area contributed by atoms with Crippen molar-refractivity contribution in [2.75, 3.05) is 38.6 Å². The predicted octanol–water partition coefficient (Wildman–Crippen LogP) is 2.71. The van der Waals surface area contributed by atoms with Crippen LogP contribution < -0.4 is 10.2 Å². The van der Waals surface area contributed by atoms with Gasteiger partial charge in [-0.15, -0.1) is 0 Å². The van der Waals surface area contributed by atoms with Crippen molar-refractivity contribution in [1.29, 1.82) is 0 Å². The Balaban J connectivity index is 2.19. The minimum atomic E-state index is -0.0996. The van der Waals surface area contributed by atoms with Crippen LogP contribution in [-0.4, -0.2) is 44.7 Å². The first-order valence-corrected chi connectivity index (χ1v) is 7.94. The second-order valence-corrected chi connectivity index (χ2v) is 6.34. The van der Waals surface area contributed by atoms with Crippen molar-refractivity contribution in [3.8, 4) is 0 Å². The van der Waals surface area contributed by atoms with Gasteiger partial charge in [0.15, 0.2) is 0 Å². The van der Waals surface area contributed by atoms with Gasteiger partial charge in [0.1, 0.15) is 5.82 Å². The number of benzene rings is 1. The first-order chi connectivity index (χ1) is 10.0. The summed E-state index contributed by atoms with van der Waals surface area (Å²) in [6.07, 6.45) is 1.09. The van der Waals surface area contributed by atoms with Crippen molar-refractivity contribution in [3.05, 3.63) is 29.6 Å². The molecule has 1 saturated heterocycles. The van der Waals surface area contributed by atoms with Gasteiger partial charge in [-0.25, -0.2) is 4.39 Å². The normalized spacial score (nSPS) is 22.3. The molecule has 3 nitrogen and oxygen atoms in total. The van der Waals surface area contributed by atoms with E-state index in [9.17, 15) is 4.39 Å². The van der Waals surface area contributed by atoms with Crippen LogP contribution in [0.25, 0.3) is 0 Å². The highest BCUT2D eigenvalue weighted by Crippen LogP contribution is 2.31. The fourth-order valence-electron chi connectivity index (χ4n) is 3.26. The average molecular weight is 293 g/mol. The van der Waals surface area contributed by atoms with Crippen LogP contribution in [-0.2, 0) is 6.54 Å². The smallest absolute Gasteiger partial charge is 0.146 e. The number of likely N-dealkylation sites (N-methyl/N-ethyl adjacent to an activating group) is 1. The molecule has 1 heterocycles. The lowest BCUT2D eigenvalue weighted by molar-refractivity contribution is 0.266. The molecule has 118 valence electrons. The van der Waals surface area contributed by atoms with Crippen LogP contribution in [0.5, 0.6) is 0 Å². The summed E-state index contributed by atoms with van der Waals surface area (Å²) in [5.41, 5.74) is 1.85. The minimum Gasteiger partial charge on any atom is -0.367 e. The molecule has 1 N–H and O–H groups in total. The summed E-state index contributed by atoms with van der Waals surface area (Å²) in [7, 11) is 4.21. The third-order valence-corrected chi connectivity index (χ3v) is 4.36. The fourth-order valence-corrected chi connectivity index (χ4v) is 3.26. The highest BCUT2D eigenvalue weighted by atomic mass is 19.1. The zero-order chi connectivity index (χ0) is 15.4. The van der Waals surface area contributed by atoms with Crippen molar-refractivity contribution in [3.63, 3.8) is 0 Å². The van der Waals surface area contributed by atoms with Crippen LogP contribution in [0.1, 0.15) is 25.8 Å². The maximum absolute atomic E-state index is 14.4. The fraction of sp³-hybridized carbons (Fsp3) is 0.647. The molecule has 4 heteroatoms. The SMILES string of the molecule is CCCNCc1cccc(F)c1N1CC(C)C(N(C)C)C1. The lowest BCUT2D eigenvalue weighted by Crippen LogP contribution is -2.34. The van der Waals surface area contributed by atoms with Gasteiger partial charge >= 0.3 is 0 Å². The van der Waals surface area contributed by atoms with Crippen molar-refractivity contribution in [2.45, 2.75) is 32.9 Å².